The van der Waals surface area contributed by atoms with E-state index in [2.05, 4.69) is 29.4 Å². The van der Waals surface area contributed by atoms with Crippen LogP contribution in [0.2, 0.25) is 0 Å². The highest BCUT2D eigenvalue weighted by Gasteiger charge is 2.24. The number of anilines is 2. The first-order valence-corrected chi connectivity index (χ1v) is 7.69. The molecule has 1 aromatic heterocycles. The van der Waals surface area contributed by atoms with Crippen molar-refractivity contribution in [2.24, 2.45) is 5.92 Å². The van der Waals surface area contributed by atoms with E-state index in [1.54, 1.807) is 0 Å². The highest BCUT2D eigenvalue weighted by atomic mass is 14.9. The van der Waals surface area contributed by atoms with Gasteiger partial charge in [0.2, 0.25) is 0 Å². The molecule has 3 N–H and O–H groups in total. The second kappa shape index (κ2) is 5.70. The molecule has 0 aliphatic heterocycles. The van der Waals surface area contributed by atoms with Crippen LogP contribution < -0.4 is 11.1 Å². The highest BCUT2D eigenvalue weighted by molar-refractivity contribution is 5.96. The molecule has 0 amide bonds. The Morgan fingerprint density at radius 2 is 2.10 bits per heavy atom. The molecule has 2 aromatic rings. The van der Waals surface area contributed by atoms with Crippen LogP contribution in [0.25, 0.3) is 10.9 Å². The topological polar surface area (TPSA) is 50.9 Å². The van der Waals surface area contributed by atoms with Crippen LogP contribution in [0.5, 0.6) is 0 Å². The second-order valence-electron chi connectivity index (χ2n) is 5.80. The number of benzene rings is 1. The molecule has 20 heavy (non-hydrogen) atoms. The maximum Gasteiger partial charge on any atom is 0.0724 e. The van der Waals surface area contributed by atoms with Crippen LogP contribution in [0.15, 0.2) is 30.5 Å². The third-order valence-corrected chi connectivity index (χ3v) is 4.60. The Balaban J connectivity index is 1.88. The number of hydrogen-bond donors (Lipinski definition) is 2. The lowest BCUT2D eigenvalue weighted by Crippen LogP contribution is -2.32. The third kappa shape index (κ3) is 2.45. The van der Waals surface area contributed by atoms with Crippen molar-refractivity contribution in [2.45, 2.75) is 45.1 Å². The van der Waals surface area contributed by atoms with E-state index < -0.39 is 0 Å². The Labute approximate surface area is 120 Å². The molecule has 0 radical (unpaired) electrons. The lowest BCUT2D eigenvalue weighted by molar-refractivity contribution is 0.317. The normalized spacial score (nSPS) is 22.9. The van der Waals surface area contributed by atoms with E-state index in [0.717, 1.165) is 28.2 Å². The maximum atomic E-state index is 6.32. The van der Waals surface area contributed by atoms with E-state index in [9.17, 15) is 0 Å². The van der Waals surface area contributed by atoms with Gasteiger partial charge in [-0.25, -0.2) is 0 Å². The summed E-state index contributed by atoms with van der Waals surface area (Å²) in [6, 6.07) is 8.67. The summed E-state index contributed by atoms with van der Waals surface area (Å²) in [7, 11) is 0. The van der Waals surface area contributed by atoms with E-state index in [1.165, 1.54) is 32.1 Å². The van der Waals surface area contributed by atoms with Gasteiger partial charge in [-0.1, -0.05) is 26.2 Å². The van der Waals surface area contributed by atoms with Crippen molar-refractivity contribution in [2.75, 3.05) is 11.1 Å². The monoisotopic (exact) mass is 269 g/mol. The zero-order valence-electron chi connectivity index (χ0n) is 12.1. The van der Waals surface area contributed by atoms with E-state index in [0.29, 0.717) is 6.04 Å². The van der Waals surface area contributed by atoms with E-state index in [4.69, 9.17) is 5.73 Å². The summed E-state index contributed by atoms with van der Waals surface area (Å²) in [4.78, 5) is 4.35. The van der Waals surface area contributed by atoms with Gasteiger partial charge in [-0.15, -0.1) is 0 Å². The molecular weight excluding hydrogens is 246 g/mol. The van der Waals surface area contributed by atoms with Gasteiger partial charge in [-0.3, -0.25) is 4.98 Å². The maximum absolute atomic E-state index is 6.32. The average Bonchev–Trinajstić information content (AvgIpc) is 2.51. The van der Waals surface area contributed by atoms with Crippen molar-refractivity contribution in [3.05, 3.63) is 30.5 Å². The average molecular weight is 269 g/mol. The molecular formula is C17H23N3. The SMILES string of the molecule is CCC1CCCCC1Nc1ccc2ncccc2c1N. The molecule has 3 nitrogen and oxygen atoms in total. The molecule has 0 saturated heterocycles. The van der Waals surface area contributed by atoms with Crippen molar-refractivity contribution in [3.8, 4) is 0 Å². The van der Waals surface area contributed by atoms with Crippen LogP contribution in [0.1, 0.15) is 39.0 Å². The summed E-state index contributed by atoms with van der Waals surface area (Å²) in [6.07, 6.45) is 8.33. The predicted molar refractivity (Wildman–Crippen MR) is 85.8 cm³/mol. The van der Waals surface area contributed by atoms with E-state index in [-0.39, 0.29) is 0 Å². The number of rotatable bonds is 3. The number of nitrogens with zero attached hydrogens (tertiary/aromatic N) is 1. The second-order valence-corrected chi connectivity index (χ2v) is 5.80. The molecule has 1 aliphatic carbocycles. The van der Waals surface area contributed by atoms with Crippen LogP contribution in [0, 0.1) is 5.92 Å². The minimum atomic E-state index is 0.560. The van der Waals surface area contributed by atoms with Gasteiger partial charge >= 0.3 is 0 Å². The molecule has 2 atom stereocenters. The van der Waals surface area contributed by atoms with Gasteiger partial charge in [0.15, 0.2) is 0 Å². The molecule has 3 rings (SSSR count). The number of nitrogen functional groups attached to an aromatic ring is 1. The van der Waals surface area contributed by atoms with Crippen molar-refractivity contribution in [3.63, 3.8) is 0 Å². The first-order chi connectivity index (χ1) is 9.79. The van der Waals surface area contributed by atoms with Crippen molar-refractivity contribution < 1.29 is 0 Å². The van der Waals surface area contributed by atoms with Crippen LogP contribution in [0.4, 0.5) is 11.4 Å². The molecule has 0 bridgehead atoms. The quantitative estimate of drug-likeness (QED) is 0.821. The van der Waals surface area contributed by atoms with Crippen LogP contribution in [0.3, 0.4) is 0 Å². The minimum absolute atomic E-state index is 0.560. The number of nitrogens with one attached hydrogen (secondary N) is 1. The number of pyridine rings is 1. The first kappa shape index (κ1) is 13.2. The summed E-state index contributed by atoms with van der Waals surface area (Å²) >= 11 is 0. The Hall–Kier alpha value is -1.77. The number of hydrogen-bond acceptors (Lipinski definition) is 3. The summed E-state index contributed by atoms with van der Waals surface area (Å²) in [5.41, 5.74) is 9.18. The molecule has 1 aromatic carbocycles. The number of fused-ring (bicyclic) bond motifs is 1. The van der Waals surface area contributed by atoms with Crippen LogP contribution in [-0.2, 0) is 0 Å². The standard InChI is InChI=1S/C17H23N3/c1-2-12-6-3-4-8-14(12)20-16-10-9-15-13(17(16)18)7-5-11-19-15/h5,7,9-12,14,20H,2-4,6,8,18H2,1H3. The summed E-state index contributed by atoms with van der Waals surface area (Å²) in [5.74, 6) is 0.771. The third-order valence-electron chi connectivity index (χ3n) is 4.60. The molecule has 2 unspecified atom stereocenters. The van der Waals surface area contributed by atoms with Gasteiger partial charge < -0.3 is 11.1 Å². The van der Waals surface area contributed by atoms with Crippen LogP contribution in [-0.4, -0.2) is 11.0 Å². The Morgan fingerprint density at radius 1 is 1.25 bits per heavy atom. The molecule has 1 saturated carbocycles. The van der Waals surface area contributed by atoms with Crippen molar-refractivity contribution in [1.82, 2.24) is 4.98 Å². The first-order valence-electron chi connectivity index (χ1n) is 7.69. The summed E-state index contributed by atoms with van der Waals surface area (Å²) < 4.78 is 0. The molecule has 1 fully saturated rings. The molecule has 0 spiro atoms. The molecule has 106 valence electrons. The number of aromatic nitrogens is 1. The van der Waals surface area contributed by atoms with Gasteiger partial charge in [0.05, 0.1) is 16.9 Å². The predicted octanol–water partition coefficient (Wildman–Crippen LogP) is 4.20. The van der Waals surface area contributed by atoms with Crippen molar-refractivity contribution in [1.29, 1.82) is 0 Å². The minimum Gasteiger partial charge on any atom is -0.397 e. The van der Waals surface area contributed by atoms with Gasteiger partial charge in [0, 0.05) is 17.6 Å². The smallest absolute Gasteiger partial charge is 0.0724 e. The lowest BCUT2D eigenvalue weighted by Gasteiger charge is -2.32. The Kier molecular flexibility index (Phi) is 3.77. The van der Waals surface area contributed by atoms with Crippen molar-refractivity contribution >= 4 is 22.3 Å². The largest absolute Gasteiger partial charge is 0.397 e. The number of nitrogens with two attached hydrogens (primary N) is 1. The molecule has 1 aliphatic rings. The van der Waals surface area contributed by atoms with E-state index >= 15 is 0 Å². The van der Waals surface area contributed by atoms with Gasteiger partial charge in [0.1, 0.15) is 0 Å². The fourth-order valence-electron chi connectivity index (χ4n) is 3.39. The molecule has 1 heterocycles. The Bertz CT molecular complexity index is 594. The van der Waals surface area contributed by atoms with Gasteiger partial charge in [0.25, 0.3) is 0 Å². The van der Waals surface area contributed by atoms with E-state index in [1.807, 2.05) is 18.3 Å². The van der Waals surface area contributed by atoms with Gasteiger partial charge in [-0.05, 0) is 43.0 Å². The fraction of sp³-hybridized carbons (Fsp3) is 0.471. The zero-order valence-corrected chi connectivity index (χ0v) is 12.1. The summed E-state index contributed by atoms with van der Waals surface area (Å²) in [6.45, 7) is 2.29. The lowest BCUT2D eigenvalue weighted by atomic mass is 9.82. The van der Waals surface area contributed by atoms with Crippen LogP contribution >= 0.6 is 0 Å². The fourth-order valence-corrected chi connectivity index (χ4v) is 3.39. The van der Waals surface area contributed by atoms with Gasteiger partial charge in [-0.2, -0.15) is 0 Å². The molecule has 3 heteroatoms. The highest BCUT2D eigenvalue weighted by Crippen LogP contribution is 2.33. The Morgan fingerprint density at radius 3 is 2.95 bits per heavy atom. The summed E-state index contributed by atoms with van der Waals surface area (Å²) in [5, 5.41) is 4.73. The zero-order chi connectivity index (χ0) is 13.9.